The molecule has 0 radical (unpaired) electrons. The third-order valence-corrected chi connectivity index (χ3v) is 12.9. The summed E-state index contributed by atoms with van der Waals surface area (Å²) in [6.45, 7) is 30.8. The van der Waals surface area contributed by atoms with Gasteiger partial charge in [-0.3, -0.25) is 9.89 Å². The van der Waals surface area contributed by atoms with Gasteiger partial charge in [-0.15, -0.1) is 22.7 Å². The lowest BCUT2D eigenvalue weighted by molar-refractivity contribution is 0.0743. The van der Waals surface area contributed by atoms with Crippen molar-refractivity contribution in [2.45, 2.75) is 84.0 Å². The Balaban J connectivity index is 0.000000232. The fourth-order valence-corrected chi connectivity index (χ4v) is 9.29. The number of nitrogens with zero attached hydrogens (tertiary/aromatic N) is 7. The van der Waals surface area contributed by atoms with E-state index in [-0.39, 0.29) is 43.1 Å². The van der Waals surface area contributed by atoms with Gasteiger partial charge in [0, 0.05) is 47.0 Å². The molecule has 4 aromatic rings. The molecular formula is C43H50Cl2N8O5S2. The number of hydrogen-bond donors (Lipinski definition) is 1. The largest absolute Gasteiger partial charge is 0.445 e. The molecule has 6 rings (SSSR count). The summed E-state index contributed by atoms with van der Waals surface area (Å²) in [6.07, 6.45) is 8.05. The molecule has 0 unspecified atom stereocenters. The Hall–Kier alpha value is -4.93. The van der Waals surface area contributed by atoms with Crippen LogP contribution in [0, 0.1) is 18.6 Å². The van der Waals surface area contributed by atoms with Crippen molar-refractivity contribution in [2.75, 3.05) is 39.4 Å². The summed E-state index contributed by atoms with van der Waals surface area (Å²) in [7, 11) is 0. The minimum Gasteiger partial charge on any atom is -0.445 e. The van der Waals surface area contributed by atoms with Crippen LogP contribution in [0.2, 0.25) is 8.67 Å². The zero-order valence-corrected chi connectivity index (χ0v) is 37.3. The second kappa shape index (κ2) is 21.5. The number of carbonyl (C=O) groups is 3. The zero-order chi connectivity index (χ0) is 43.4. The summed E-state index contributed by atoms with van der Waals surface area (Å²) in [5.41, 5.74) is 3.45. The standard InChI is InChI=1S/C24H29ClN4O3S.C19H21ClN4O2S/c1-6-15-32-23(31)28-13-11-16(12-14-28)20-21(26-5)18(9-7-17-8-10-19(25)33-17)29(27-20)22(30)24(2,3)4;1-3-12-26-19(25)24-10-8-13(9-11-24)17-18(21-2)15(22-23-17)6-4-14-5-7-16(20)27-14/h6,8,10,16H,1,7,9,11-15H2,2-4H3;3,5,7,13H,1,4,6,8-12H2,(H,22,23). The van der Waals surface area contributed by atoms with Crippen LogP contribution in [0.5, 0.6) is 0 Å². The van der Waals surface area contributed by atoms with Crippen LogP contribution in [0.4, 0.5) is 21.0 Å². The summed E-state index contributed by atoms with van der Waals surface area (Å²) in [4.78, 5) is 50.5. The molecule has 13 nitrogen and oxygen atoms in total. The lowest BCUT2D eigenvalue weighted by atomic mass is 9.92. The number of rotatable bonds is 12. The predicted octanol–water partition coefficient (Wildman–Crippen LogP) is 11.1. The quantitative estimate of drug-likeness (QED) is 0.111. The molecule has 0 bridgehead atoms. The van der Waals surface area contributed by atoms with Gasteiger partial charge in [-0.1, -0.05) is 69.3 Å². The molecule has 318 valence electrons. The van der Waals surface area contributed by atoms with Gasteiger partial charge in [-0.2, -0.15) is 10.2 Å². The van der Waals surface area contributed by atoms with Crippen LogP contribution in [0.1, 0.15) is 95.6 Å². The van der Waals surface area contributed by atoms with E-state index in [9.17, 15) is 14.4 Å². The highest BCUT2D eigenvalue weighted by Gasteiger charge is 2.34. The molecule has 1 N–H and O–H groups in total. The number of likely N-dealkylation sites (tertiary alicyclic amines) is 2. The zero-order valence-electron chi connectivity index (χ0n) is 34.2. The SMILES string of the molecule is [C-]#[N+]c1c(C2CCN(C(=O)OCC=C)CC2)n[nH]c1CCc1ccc(Cl)s1.[C-]#[N+]c1c(C2CCN(C(=O)OCC=C)CC2)nn(C(=O)C(C)(C)C)c1CCc1ccc(Cl)s1. The van der Waals surface area contributed by atoms with Crippen molar-refractivity contribution >= 4 is 75.3 Å². The molecule has 60 heavy (non-hydrogen) atoms. The van der Waals surface area contributed by atoms with Crippen LogP contribution in [0.3, 0.4) is 0 Å². The van der Waals surface area contributed by atoms with Crippen molar-refractivity contribution in [2.24, 2.45) is 5.41 Å². The van der Waals surface area contributed by atoms with Crippen LogP contribution in [0.15, 0.2) is 49.6 Å². The van der Waals surface area contributed by atoms with E-state index in [0.717, 1.165) is 46.3 Å². The molecule has 0 spiro atoms. The third-order valence-electron chi connectivity index (χ3n) is 10.3. The average Bonchev–Trinajstić information content (AvgIpc) is 4.05. The number of halogens is 2. The summed E-state index contributed by atoms with van der Waals surface area (Å²) in [5, 5.41) is 12.2. The van der Waals surface area contributed by atoms with E-state index < -0.39 is 5.41 Å². The molecule has 17 heteroatoms. The van der Waals surface area contributed by atoms with E-state index in [1.54, 1.807) is 27.2 Å². The number of hydrogen-bond acceptors (Lipinski definition) is 9. The fraction of sp³-hybridized carbons (Fsp3) is 0.465. The van der Waals surface area contributed by atoms with Crippen molar-refractivity contribution < 1.29 is 23.9 Å². The van der Waals surface area contributed by atoms with E-state index in [1.807, 2.05) is 45.0 Å². The normalized spacial score (nSPS) is 14.7. The molecule has 0 saturated carbocycles. The number of thiophene rings is 2. The first-order chi connectivity index (χ1) is 28.8. The van der Waals surface area contributed by atoms with Gasteiger partial charge >= 0.3 is 12.2 Å². The molecule has 0 aliphatic carbocycles. The first-order valence-corrected chi connectivity index (χ1v) is 22.2. The molecule has 0 aromatic carbocycles. The lowest BCUT2D eigenvalue weighted by Crippen LogP contribution is -2.38. The highest BCUT2D eigenvalue weighted by atomic mass is 35.5. The number of piperidine rings is 2. The van der Waals surface area contributed by atoms with Gasteiger partial charge < -0.3 is 19.3 Å². The van der Waals surface area contributed by atoms with Gasteiger partial charge in [0.15, 0.2) is 0 Å². The summed E-state index contributed by atoms with van der Waals surface area (Å²) in [6, 6.07) is 7.74. The predicted molar refractivity (Wildman–Crippen MR) is 237 cm³/mol. The number of amides is 2. The van der Waals surface area contributed by atoms with Gasteiger partial charge in [0.05, 0.1) is 38.9 Å². The highest BCUT2D eigenvalue weighted by molar-refractivity contribution is 7.16. The number of aryl methyl sites for hydroxylation is 3. The molecule has 2 fully saturated rings. The number of nitrogens with one attached hydrogen (secondary N) is 1. The molecule has 2 saturated heterocycles. The maximum absolute atomic E-state index is 13.2. The lowest BCUT2D eigenvalue weighted by Gasteiger charge is -2.30. The Morgan fingerprint density at radius 2 is 1.28 bits per heavy atom. The minimum atomic E-state index is -0.637. The second-order valence-electron chi connectivity index (χ2n) is 15.5. The molecule has 6 heterocycles. The fourth-order valence-electron chi connectivity index (χ4n) is 7.12. The van der Waals surface area contributed by atoms with Gasteiger partial charge in [0.25, 0.3) is 5.91 Å². The van der Waals surface area contributed by atoms with Gasteiger partial charge in [-0.05, 0) is 87.5 Å². The van der Waals surface area contributed by atoms with Gasteiger partial charge in [0.1, 0.15) is 13.2 Å². The number of ether oxygens (including phenoxy) is 2. The van der Waals surface area contributed by atoms with Crippen LogP contribution in [-0.4, -0.2) is 87.3 Å². The smallest absolute Gasteiger partial charge is 0.410 e. The van der Waals surface area contributed by atoms with Crippen molar-refractivity contribution in [3.63, 3.8) is 0 Å². The average molecular weight is 894 g/mol. The van der Waals surface area contributed by atoms with Crippen molar-refractivity contribution in [3.05, 3.63) is 114 Å². The maximum atomic E-state index is 13.2. The number of carbonyl (C=O) groups excluding carboxylic acids is 3. The van der Waals surface area contributed by atoms with Crippen LogP contribution in [-0.2, 0) is 35.2 Å². The van der Waals surface area contributed by atoms with Crippen LogP contribution >= 0.6 is 45.9 Å². The number of aromatic nitrogens is 4. The molecular weight excluding hydrogens is 844 g/mol. The summed E-state index contributed by atoms with van der Waals surface area (Å²) in [5.74, 6) is 0.0449. The first-order valence-electron chi connectivity index (χ1n) is 19.8. The maximum Gasteiger partial charge on any atom is 0.410 e. The van der Waals surface area contributed by atoms with Crippen molar-refractivity contribution in [1.82, 2.24) is 29.8 Å². The van der Waals surface area contributed by atoms with E-state index in [2.05, 4.69) is 33.0 Å². The number of H-pyrrole nitrogens is 1. The molecule has 4 aromatic heterocycles. The summed E-state index contributed by atoms with van der Waals surface area (Å²) >= 11 is 15.1. The first kappa shape index (κ1) is 46.1. The van der Waals surface area contributed by atoms with Gasteiger partial charge in [0.2, 0.25) is 11.4 Å². The molecule has 2 aliphatic heterocycles. The highest BCUT2D eigenvalue weighted by Crippen LogP contribution is 2.39. The van der Waals surface area contributed by atoms with Crippen LogP contribution in [0.25, 0.3) is 9.69 Å². The Morgan fingerprint density at radius 3 is 1.72 bits per heavy atom. The third kappa shape index (κ3) is 11.9. The van der Waals surface area contributed by atoms with E-state index in [0.29, 0.717) is 79.0 Å². The van der Waals surface area contributed by atoms with Crippen molar-refractivity contribution in [1.29, 1.82) is 0 Å². The number of aromatic amines is 1. The van der Waals surface area contributed by atoms with Crippen molar-refractivity contribution in [3.8, 4) is 0 Å². The Bertz CT molecular complexity index is 2220. The second-order valence-corrected chi connectivity index (χ2v) is 19.1. The van der Waals surface area contributed by atoms with Crippen LogP contribution < -0.4 is 0 Å². The molecule has 2 amide bonds. The van der Waals surface area contributed by atoms with E-state index in [1.165, 1.54) is 27.0 Å². The topological polar surface area (TPSA) is 131 Å². The Labute approximate surface area is 369 Å². The van der Waals surface area contributed by atoms with E-state index >= 15 is 0 Å². The Kier molecular flexibility index (Phi) is 16.6. The minimum absolute atomic E-state index is 0.00139. The van der Waals surface area contributed by atoms with Gasteiger partial charge in [-0.25, -0.2) is 24.0 Å². The monoisotopic (exact) mass is 892 g/mol. The molecule has 0 atom stereocenters. The summed E-state index contributed by atoms with van der Waals surface area (Å²) < 4.78 is 13.2. The Morgan fingerprint density at radius 1 is 0.800 bits per heavy atom. The molecule has 2 aliphatic rings. The van der Waals surface area contributed by atoms with E-state index in [4.69, 9.17) is 50.9 Å².